The number of rotatable bonds is 9. The Balaban J connectivity index is 1.87. The Morgan fingerprint density at radius 1 is 1.22 bits per heavy atom. The Labute approximate surface area is 192 Å². The van der Waals surface area contributed by atoms with E-state index in [1.165, 1.54) is 28.6 Å². The van der Waals surface area contributed by atoms with Gasteiger partial charge in [0.2, 0.25) is 15.9 Å². The number of anilines is 2. The molecular formula is C21H28N4O5S2. The second kappa shape index (κ2) is 10.4. The van der Waals surface area contributed by atoms with Gasteiger partial charge in [-0.05, 0) is 31.0 Å². The molecule has 0 unspecified atom stereocenters. The first-order valence-corrected chi connectivity index (χ1v) is 12.9. The second-order valence-corrected chi connectivity index (χ2v) is 10.2. The van der Waals surface area contributed by atoms with Crippen molar-refractivity contribution in [3.05, 3.63) is 34.8 Å². The molecule has 1 amide bonds. The van der Waals surface area contributed by atoms with E-state index in [0.29, 0.717) is 29.6 Å². The predicted octanol–water partition coefficient (Wildman–Crippen LogP) is 3.09. The average molecular weight is 481 g/mol. The highest BCUT2D eigenvalue weighted by Gasteiger charge is 2.27. The number of thiazole rings is 1. The van der Waals surface area contributed by atoms with Gasteiger partial charge in [0.25, 0.3) is 0 Å². The van der Waals surface area contributed by atoms with Gasteiger partial charge in [-0.25, -0.2) is 18.2 Å². The zero-order valence-electron chi connectivity index (χ0n) is 18.5. The van der Waals surface area contributed by atoms with Crippen molar-refractivity contribution in [1.29, 1.82) is 0 Å². The molecule has 1 aliphatic heterocycles. The van der Waals surface area contributed by atoms with Crippen LogP contribution >= 0.6 is 11.3 Å². The maximum absolute atomic E-state index is 13.0. The molecule has 11 heteroatoms. The van der Waals surface area contributed by atoms with Crippen LogP contribution in [0.25, 0.3) is 0 Å². The molecule has 0 spiro atoms. The van der Waals surface area contributed by atoms with Crippen LogP contribution < -0.4 is 10.2 Å². The number of hydrogen-bond acceptors (Lipinski definition) is 8. The van der Waals surface area contributed by atoms with E-state index in [1.807, 2.05) is 0 Å². The quantitative estimate of drug-likeness (QED) is 0.549. The molecule has 0 aliphatic carbocycles. The minimum Gasteiger partial charge on any atom is -0.455 e. The van der Waals surface area contributed by atoms with Gasteiger partial charge in [-0.1, -0.05) is 13.8 Å². The molecule has 2 heterocycles. The highest BCUT2D eigenvalue weighted by molar-refractivity contribution is 7.89. The van der Waals surface area contributed by atoms with Crippen LogP contribution in [0.1, 0.15) is 49.7 Å². The summed E-state index contributed by atoms with van der Waals surface area (Å²) < 4.78 is 32.8. The summed E-state index contributed by atoms with van der Waals surface area (Å²) in [6.07, 6.45) is 2.03. The molecular weight excluding hydrogens is 452 g/mol. The van der Waals surface area contributed by atoms with Gasteiger partial charge >= 0.3 is 5.97 Å². The highest BCUT2D eigenvalue weighted by atomic mass is 32.2. The van der Waals surface area contributed by atoms with Crippen molar-refractivity contribution in [2.24, 2.45) is 0 Å². The number of carbonyl (C=O) groups is 2. The van der Waals surface area contributed by atoms with Gasteiger partial charge in [-0.15, -0.1) is 11.3 Å². The van der Waals surface area contributed by atoms with E-state index in [-0.39, 0.29) is 23.0 Å². The summed E-state index contributed by atoms with van der Waals surface area (Å²) in [6, 6.07) is 4.65. The van der Waals surface area contributed by atoms with Crippen molar-refractivity contribution >= 4 is 44.1 Å². The second-order valence-electron chi connectivity index (χ2n) is 7.36. The topological polar surface area (TPSA) is 109 Å². The molecule has 3 rings (SSSR count). The minimum atomic E-state index is -3.72. The summed E-state index contributed by atoms with van der Waals surface area (Å²) in [7, 11) is -3.72. The van der Waals surface area contributed by atoms with Crippen LogP contribution in [0, 0.1) is 0 Å². The van der Waals surface area contributed by atoms with E-state index >= 15 is 0 Å². The molecule has 1 aliphatic rings. The molecule has 0 atom stereocenters. The maximum Gasteiger partial charge on any atom is 0.340 e. The predicted molar refractivity (Wildman–Crippen MR) is 124 cm³/mol. The van der Waals surface area contributed by atoms with Crippen molar-refractivity contribution in [3.63, 3.8) is 0 Å². The fourth-order valence-corrected chi connectivity index (χ4v) is 5.81. The molecule has 1 fully saturated rings. The maximum atomic E-state index is 13.0. The number of amides is 1. The Bertz CT molecular complexity index is 1070. The molecule has 0 saturated carbocycles. The van der Waals surface area contributed by atoms with Crippen molar-refractivity contribution in [3.8, 4) is 0 Å². The lowest BCUT2D eigenvalue weighted by atomic mass is 10.1. The summed E-state index contributed by atoms with van der Waals surface area (Å²) >= 11 is 1.24. The van der Waals surface area contributed by atoms with Crippen LogP contribution in [0.3, 0.4) is 0 Å². The van der Waals surface area contributed by atoms with Crippen LogP contribution in [-0.4, -0.2) is 55.8 Å². The minimum absolute atomic E-state index is 0.0673. The lowest BCUT2D eigenvalue weighted by Gasteiger charge is -2.23. The van der Waals surface area contributed by atoms with E-state index in [2.05, 4.69) is 15.2 Å². The number of nitrogens with one attached hydrogen (secondary N) is 1. The molecule has 1 saturated heterocycles. The van der Waals surface area contributed by atoms with Crippen molar-refractivity contribution in [2.45, 2.75) is 45.1 Å². The van der Waals surface area contributed by atoms with Crippen molar-refractivity contribution in [2.75, 3.05) is 36.4 Å². The Morgan fingerprint density at radius 3 is 2.53 bits per heavy atom. The summed E-state index contributed by atoms with van der Waals surface area (Å²) in [4.78, 5) is 30.5. The monoisotopic (exact) mass is 480 g/mol. The first-order chi connectivity index (χ1) is 15.3. The Kier molecular flexibility index (Phi) is 7.86. The summed E-state index contributed by atoms with van der Waals surface area (Å²) in [5, 5.41) is 4.71. The lowest BCUT2D eigenvalue weighted by Crippen LogP contribution is -2.31. The van der Waals surface area contributed by atoms with E-state index < -0.39 is 16.0 Å². The normalized spacial score (nSPS) is 14.1. The van der Waals surface area contributed by atoms with E-state index in [1.54, 1.807) is 31.4 Å². The first kappa shape index (κ1) is 24.1. The Morgan fingerprint density at radius 2 is 1.91 bits per heavy atom. The van der Waals surface area contributed by atoms with Gasteiger partial charge in [0, 0.05) is 38.5 Å². The van der Waals surface area contributed by atoms with Gasteiger partial charge in [-0.2, -0.15) is 4.31 Å². The standard InChI is InChI=1S/C21H28N4O5S2/c1-4-25(5-2)32(28,29)17-8-9-19(24-10-6-7-11-24)18(12-17)20(27)30-13-16-14-31-21(23-16)22-15(3)26/h8-9,12,14H,4-7,10-11,13H2,1-3H3,(H,22,23,26). The number of sulfonamides is 1. The third-order valence-corrected chi connectivity index (χ3v) is 8.02. The average Bonchev–Trinajstić information content (AvgIpc) is 3.44. The van der Waals surface area contributed by atoms with Crippen LogP contribution in [-0.2, 0) is 26.2 Å². The zero-order valence-corrected chi connectivity index (χ0v) is 20.1. The molecule has 2 aromatic rings. The third kappa shape index (κ3) is 5.45. The number of carbonyl (C=O) groups excluding carboxylic acids is 2. The van der Waals surface area contributed by atoms with E-state index in [0.717, 1.165) is 25.9 Å². The zero-order chi connectivity index (χ0) is 23.3. The molecule has 1 aromatic heterocycles. The number of esters is 1. The lowest BCUT2D eigenvalue weighted by molar-refractivity contribution is -0.114. The molecule has 174 valence electrons. The third-order valence-electron chi connectivity index (χ3n) is 5.16. The molecule has 0 bridgehead atoms. The highest BCUT2D eigenvalue weighted by Crippen LogP contribution is 2.29. The largest absolute Gasteiger partial charge is 0.455 e. The fourth-order valence-electron chi connectivity index (χ4n) is 3.58. The first-order valence-electron chi connectivity index (χ1n) is 10.5. The molecule has 9 nitrogen and oxygen atoms in total. The number of aromatic nitrogens is 1. The van der Waals surface area contributed by atoms with Crippen LogP contribution in [0.4, 0.5) is 10.8 Å². The fraction of sp³-hybridized carbons (Fsp3) is 0.476. The van der Waals surface area contributed by atoms with Crippen LogP contribution in [0.15, 0.2) is 28.5 Å². The van der Waals surface area contributed by atoms with Gasteiger partial charge in [0.05, 0.1) is 21.8 Å². The number of benzene rings is 1. The number of ether oxygens (including phenoxy) is 1. The number of hydrogen-bond donors (Lipinski definition) is 1. The van der Waals surface area contributed by atoms with Gasteiger partial charge < -0.3 is 15.0 Å². The van der Waals surface area contributed by atoms with E-state index in [9.17, 15) is 18.0 Å². The summed E-state index contributed by atoms with van der Waals surface area (Å²) in [6.45, 7) is 7.14. The number of nitrogens with zero attached hydrogens (tertiary/aromatic N) is 3. The smallest absolute Gasteiger partial charge is 0.340 e. The van der Waals surface area contributed by atoms with Crippen LogP contribution in [0.5, 0.6) is 0 Å². The Hall–Kier alpha value is -2.50. The SMILES string of the molecule is CCN(CC)S(=O)(=O)c1ccc(N2CCCC2)c(C(=O)OCc2csc(NC(C)=O)n2)c1. The van der Waals surface area contributed by atoms with Gasteiger partial charge in [0.1, 0.15) is 6.61 Å². The molecule has 1 N–H and O–H groups in total. The molecule has 1 aromatic carbocycles. The van der Waals surface area contributed by atoms with E-state index in [4.69, 9.17) is 4.74 Å². The summed E-state index contributed by atoms with van der Waals surface area (Å²) in [5.41, 5.74) is 1.39. The van der Waals surface area contributed by atoms with Gasteiger partial charge in [-0.3, -0.25) is 4.79 Å². The molecule has 32 heavy (non-hydrogen) atoms. The summed E-state index contributed by atoms with van der Waals surface area (Å²) in [5.74, 6) is -0.845. The van der Waals surface area contributed by atoms with Crippen molar-refractivity contribution < 1.29 is 22.7 Å². The van der Waals surface area contributed by atoms with Crippen molar-refractivity contribution in [1.82, 2.24) is 9.29 Å². The van der Waals surface area contributed by atoms with Crippen LogP contribution in [0.2, 0.25) is 0 Å². The van der Waals surface area contributed by atoms with Gasteiger partial charge in [0.15, 0.2) is 5.13 Å². The molecule has 0 radical (unpaired) electrons.